The van der Waals surface area contributed by atoms with E-state index >= 15 is 0 Å². The first-order valence-corrected chi connectivity index (χ1v) is 5.92. The van der Waals surface area contributed by atoms with Gasteiger partial charge in [-0.15, -0.1) is 0 Å². The fourth-order valence-corrected chi connectivity index (χ4v) is 2.62. The van der Waals surface area contributed by atoms with E-state index in [9.17, 15) is 4.79 Å². The molecule has 4 heteroatoms. The number of hydrogen-bond acceptors (Lipinski definition) is 3. The maximum atomic E-state index is 12.0. The molecule has 4 nitrogen and oxygen atoms in total. The highest BCUT2D eigenvalue weighted by Crippen LogP contribution is 2.40. The molecule has 2 heterocycles. The molecule has 3 aliphatic rings. The quantitative estimate of drug-likeness (QED) is 0.714. The van der Waals surface area contributed by atoms with E-state index in [1.54, 1.807) is 0 Å². The number of ether oxygens (including phenoxy) is 1. The molecule has 1 unspecified atom stereocenters. The van der Waals surface area contributed by atoms with Crippen LogP contribution in [0.5, 0.6) is 0 Å². The van der Waals surface area contributed by atoms with Crippen molar-refractivity contribution < 1.29 is 9.53 Å². The SMILES string of the molecule is O=C1N(CC2CCCOC2)CNC12CC2. The second kappa shape index (κ2) is 3.46. The third-order valence-corrected chi connectivity index (χ3v) is 3.79. The second-order valence-electron chi connectivity index (χ2n) is 5.03. The molecule has 1 atom stereocenters. The Balaban J connectivity index is 1.57. The van der Waals surface area contributed by atoms with E-state index in [1.165, 1.54) is 6.42 Å². The minimum Gasteiger partial charge on any atom is -0.381 e. The van der Waals surface area contributed by atoms with E-state index in [1.807, 2.05) is 4.90 Å². The van der Waals surface area contributed by atoms with Crippen molar-refractivity contribution in [3.05, 3.63) is 0 Å². The van der Waals surface area contributed by atoms with Gasteiger partial charge in [-0.1, -0.05) is 0 Å². The van der Waals surface area contributed by atoms with Crippen LogP contribution < -0.4 is 5.32 Å². The highest BCUT2D eigenvalue weighted by Gasteiger charge is 2.55. The fourth-order valence-electron chi connectivity index (χ4n) is 2.62. The van der Waals surface area contributed by atoms with Crippen molar-refractivity contribution in [2.45, 2.75) is 31.2 Å². The van der Waals surface area contributed by atoms with Crippen LogP contribution in [0.15, 0.2) is 0 Å². The molecule has 2 saturated heterocycles. The van der Waals surface area contributed by atoms with Gasteiger partial charge in [-0.2, -0.15) is 0 Å². The molecule has 0 aromatic heterocycles. The van der Waals surface area contributed by atoms with Crippen LogP contribution in [0.1, 0.15) is 25.7 Å². The van der Waals surface area contributed by atoms with Gasteiger partial charge in [0.25, 0.3) is 0 Å². The van der Waals surface area contributed by atoms with E-state index in [-0.39, 0.29) is 5.54 Å². The number of amides is 1. The Morgan fingerprint density at radius 3 is 3.00 bits per heavy atom. The maximum Gasteiger partial charge on any atom is 0.243 e. The topological polar surface area (TPSA) is 41.6 Å². The molecule has 0 radical (unpaired) electrons. The number of nitrogens with one attached hydrogen (secondary N) is 1. The first kappa shape index (κ1) is 9.60. The van der Waals surface area contributed by atoms with Gasteiger partial charge in [0.05, 0.1) is 18.8 Å². The van der Waals surface area contributed by atoms with Gasteiger partial charge in [-0.25, -0.2) is 0 Å². The Hall–Kier alpha value is -0.610. The molecule has 1 N–H and O–H groups in total. The number of carbonyl (C=O) groups excluding carboxylic acids is 1. The molecule has 84 valence electrons. The molecular weight excluding hydrogens is 192 g/mol. The van der Waals surface area contributed by atoms with Crippen molar-refractivity contribution in [2.75, 3.05) is 26.4 Å². The van der Waals surface area contributed by atoms with Crippen molar-refractivity contribution in [2.24, 2.45) is 5.92 Å². The summed E-state index contributed by atoms with van der Waals surface area (Å²) in [5.41, 5.74) is -0.129. The van der Waals surface area contributed by atoms with Crippen molar-refractivity contribution in [1.82, 2.24) is 10.2 Å². The normalized spacial score (nSPS) is 33.7. The third kappa shape index (κ3) is 1.66. The van der Waals surface area contributed by atoms with Gasteiger partial charge in [0.1, 0.15) is 0 Å². The summed E-state index contributed by atoms with van der Waals surface area (Å²) in [6.45, 7) is 3.35. The van der Waals surface area contributed by atoms with Crippen LogP contribution >= 0.6 is 0 Å². The summed E-state index contributed by atoms with van der Waals surface area (Å²) in [7, 11) is 0. The molecule has 15 heavy (non-hydrogen) atoms. The number of nitrogens with zero attached hydrogens (tertiary/aromatic N) is 1. The first-order valence-electron chi connectivity index (χ1n) is 5.92. The molecule has 0 aromatic rings. The monoisotopic (exact) mass is 210 g/mol. The van der Waals surface area contributed by atoms with E-state index in [0.717, 1.165) is 45.7 Å². The van der Waals surface area contributed by atoms with Crippen LogP contribution in [0.4, 0.5) is 0 Å². The second-order valence-corrected chi connectivity index (χ2v) is 5.03. The van der Waals surface area contributed by atoms with Crippen LogP contribution in [0, 0.1) is 5.92 Å². The van der Waals surface area contributed by atoms with Crippen LogP contribution in [0.25, 0.3) is 0 Å². The van der Waals surface area contributed by atoms with E-state index in [0.29, 0.717) is 11.8 Å². The van der Waals surface area contributed by atoms with Crippen molar-refractivity contribution in [3.63, 3.8) is 0 Å². The minimum atomic E-state index is -0.129. The lowest BCUT2D eigenvalue weighted by molar-refractivity contribution is -0.130. The smallest absolute Gasteiger partial charge is 0.243 e. The fraction of sp³-hybridized carbons (Fsp3) is 0.909. The Kier molecular flexibility index (Phi) is 2.21. The summed E-state index contributed by atoms with van der Waals surface area (Å²) in [6, 6.07) is 0. The van der Waals surface area contributed by atoms with E-state index in [2.05, 4.69) is 5.32 Å². The molecule has 2 aliphatic heterocycles. The zero-order valence-corrected chi connectivity index (χ0v) is 9.00. The zero-order chi connectivity index (χ0) is 10.3. The highest BCUT2D eigenvalue weighted by atomic mass is 16.5. The van der Waals surface area contributed by atoms with Gasteiger partial charge >= 0.3 is 0 Å². The van der Waals surface area contributed by atoms with Crippen LogP contribution in [0.3, 0.4) is 0 Å². The highest BCUT2D eigenvalue weighted by molar-refractivity contribution is 5.91. The van der Waals surface area contributed by atoms with Gasteiger partial charge in [0.2, 0.25) is 5.91 Å². The minimum absolute atomic E-state index is 0.129. The average molecular weight is 210 g/mol. The molecule has 0 aromatic carbocycles. The van der Waals surface area contributed by atoms with Crippen LogP contribution in [-0.4, -0.2) is 42.8 Å². The largest absolute Gasteiger partial charge is 0.381 e. The summed E-state index contributed by atoms with van der Waals surface area (Å²) in [4.78, 5) is 14.0. The molecule has 3 fully saturated rings. The molecule has 1 spiro atoms. The number of hydrogen-bond donors (Lipinski definition) is 1. The molecule has 1 aliphatic carbocycles. The summed E-state index contributed by atoms with van der Waals surface area (Å²) >= 11 is 0. The van der Waals surface area contributed by atoms with Gasteiger partial charge in [0, 0.05) is 19.1 Å². The lowest BCUT2D eigenvalue weighted by atomic mass is 10.0. The maximum absolute atomic E-state index is 12.0. The molecule has 1 amide bonds. The summed E-state index contributed by atoms with van der Waals surface area (Å²) in [5.74, 6) is 0.881. The summed E-state index contributed by atoms with van der Waals surface area (Å²) in [6.07, 6.45) is 4.41. The Morgan fingerprint density at radius 2 is 2.40 bits per heavy atom. The Labute approximate surface area is 90.0 Å². The van der Waals surface area contributed by atoms with Crippen molar-refractivity contribution >= 4 is 5.91 Å². The standard InChI is InChI=1S/C11H18N2O2/c14-10-11(3-4-11)12-8-13(10)6-9-2-1-5-15-7-9/h9,12H,1-8H2. The molecular formula is C11H18N2O2. The van der Waals surface area contributed by atoms with Gasteiger partial charge in [-0.3, -0.25) is 10.1 Å². The van der Waals surface area contributed by atoms with Gasteiger partial charge in [0.15, 0.2) is 0 Å². The first-order chi connectivity index (χ1) is 7.30. The average Bonchev–Trinajstić information content (AvgIpc) is 3.00. The molecule has 0 bridgehead atoms. The molecule has 1 saturated carbocycles. The third-order valence-electron chi connectivity index (χ3n) is 3.79. The Bertz CT molecular complexity index is 270. The number of rotatable bonds is 2. The number of carbonyl (C=O) groups is 1. The van der Waals surface area contributed by atoms with Crippen LogP contribution in [0.2, 0.25) is 0 Å². The summed E-state index contributed by atoms with van der Waals surface area (Å²) < 4.78 is 5.44. The van der Waals surface area contributed by atoms with Crippen LogP contribution in [-0.2, 0) is 9.53 Å². The Morgan fingerprint density at radius 1 is 1.53 bits per heavy atom. The predicted molar refractivity (Wildman–Crippen MR) is 55.2 cm³/mol. The van der Waals surface area contributed by atoms with Crippen molar-refractivity contribution in [3.8, 4) is 0 Å². The predicted octanol–water partition coefficient (Wildman–Crippen LogP) is 0.335. The van der Waals surface area contributed by atoms with E-state index < -0.39 is 0 Å². The van der Waals surface area contributed by atoms with Crippen molar-refractivity contribution in [1.29, 1.82) is 0 Å². The zero-order valence-electron chi connectivity index (χ0n) is 9.00. The van der Waals surface area contributed by atoms with Gasteiger partial charge in [-0.05, 0) is 25.7 Å². The van der Waals surface area contributed by atoms with Gasteiger partial charge < -0.3 is 9.64 Å². The molecule has 3 rings (SSSR count). The summed E-state index contributed by atoms with van der Waals surface area (Å²) in [5, 5.41) is 3.33. The lowest BCUT2D eigenvalue weighted by Crippen LogP contribution is -2.37. The lowest BCUT2D eigenvalue weighted by Gasteiger charge is -2.26. The van der Waals surface area contributed by atoms with E-state index in [4.69, 9.17) is 4.74 Å².